The van der Waals surface area contributed by atoms with E-state index in [4.69, 9.17) is 9.72 Å². The van der Waals surface area contributed by atoms with Crippen LogP contribution in [-0.4, -0.2) is 40.0 Å². The molecule has 27 heavy (non-hydrogen) atoms. The van der Waals surface area contributed by atoms with E-state index in [9.17, 15) is 4.79 Å². The minimum atomic E-state index is 0.0758. The first kappa shape index (κ1) is 17.6. The van der Waals surface area contributed by atoms with Crippen LogP contribution in [0.3, 0.4) is 0 Å². The maximum Gasteiger partial charge on any atom is 0.253 e. The molecule has 2 aromatic carbocycles. The Bertz CT molecular complexity index is 897. The quantitative estimate of drug-likeness (QED) is 0.749. The number of carbonyl (C=O) groups is 1. The lowest BCUT2D eigenvalue weighted by atomic mass is 9.96. The Morgan fingerprint density at radius 2 is 1.96 bits per heavy atom. The molecule has 1 aliphatic rings. The van der Waals surface area contributed by atoms with E-state index < -0.39 is 0 Å². The summed E-state index contributed by atoms with van der Waals surface area (Å²) < 4.78 is 5.66. The van der Waals surface area contributed by atoms with Gasteiger partial charge in [-0.15, -0.1) is 0 Å². The van der Waals surface area contributed by atoms with Crippen LogP contribution in [-0.2, 0) is 0 Å². The molecule has 1 atom stereocenters. The summed E-state index contributed by atoms with van der Waals surface area (Å²) in [5.41, 5.74) is 2.74. The van der Waals surface area contributed by atoms with E-state index >= 15 is 0 Å². The van der Waals surface area contributed by atoms with Crippen molar-refractivity contribution in [3.8, 4) is 5.75 Å². The molecule has 3 aromatic rings. The highest BCUT2D eigenvalue weighted by molar-refractivity contribution is 5.94. The van der Waals surface area contributed by atoms with E-state index in [2.05, 4.69) is 4.98 Å². The molecule has 0 radical (unpaired) electrons. The molecule has 140 valence electrons. The fourth-order valence-electron chi connectivity index (χ4n) is 3.68. The number of hydrogen-bond donors (Lipinski definition) is 1. The summed E-state index contributed by atoms with van der Waals surface area (Å²) in [6, 6.07) is 15.5. The smallest absolute Gasteiger partial charge is 0.253 e. The van der Waals surface area contributed by atoms with Crippen molar-refractivity contribution in [3.05, 3.63) is 59.9 Å². The Balaban J connectivity index is 1.48. The van der Waals surface area contributed by atoms with E-state index in [1.807, 2.05) is 67.3 Å². The van der Waals surface area contributed by atoms with Crippen molar-refractivity contribution < 1.29 is 9.53 Å². The lowest BCUT2D eigenvalue weighted by molar-refractivity contribution is 0.0705. The highest BCUT2D eigenvalue weighted by atomic mass is 16.5. The number of para-hydroxylation sites is 2. The number of aromatic amines is 1. The number of amides is 1. The molecule has 0 saturated carbocycles. The molecule has 2 heterocycles. The van der Waals surface area contributed by atoms with Crippen LogP contribution in [0.25, 0.3) is 11.0 Å². The first-order valence-electron chi connectivity index (χ1n) is 9.61. The zero-order valence-electron chi connectivity index (χ0n) is 15.8. The Kier molecular flexibility index (Phi) is 4.84. The number of ether oxygens (including phenoxy) is 1. The average Bonchev–Trinajstić information content (AvgIpc) is 3.12. The Labute approximate surface area is 159 Å². The van der Waals surface area contributed by atoms with Crippen LogP contribution < -0.4 is 4.74 Å². The number of benzene rings is 2. The first-order valence-corrected chi connectivity index (χ1v) is 9.61. The lowest BCUT2D eigenvalue weighted by Gasteiger charge is -2.32. The summed E-state index contributed by atoms with van der Waals surface area (Å²) in [6.07, 6.45) is 2.16. The third kappa shape index (κ3) is 3.82. The van der Waals surface area contributed by atoms with Crippen molar-refractivity contribution in [3.63, 3.8) is 0 Å². The van der Waals surface area contributed by atoms with Crippen molar-refractivity contribution in [2.75, 3.05) is 13.1 Å². The molecule has 1 aliphatic heterocycles. The van der Waals surface area contributed by atoms with Gasteiger partial charge in [0.15, 0.2) is 0 Å². The Morgan fingerprint density at radius 3 is 2.70 bits per heavy atom. The predicted molar refractivity (Wildman–Crippen MR) is 106 cm³/mol. The van der Waals surface area contributed by atoms with Gasteiger partial charge in [0.25, 0.3) is 5.91 Å². The lowest BCUT2D eigenvalue weighted by Crippen LogP contribution is -2.39. The van der Waals surface area contributed by atoms with E-state index in [-0.39, 0.29) is 17.9 Å². The topological polar surface area (TPSA) is 58.2 Å². The van der Waals surface area contributed by atoms with Gasteiger partial charge in [0.05, 0.1) is 17.1 Å². The van der Waals surface area contributed by atoms with Crippen LogP contribution >= 0.6 is 0 Å². The van der Waals surface area contributed by atoms with E-state index in [1.165, 1.54) is 0 Å². The van der Waals surface area contributed by atoms with Gasteiger partial charge in [-0.2, -0.15) is 0 Å². The van der Waals surface area contributed by atoms with Crippen molar-refractivity contribution in [2.45, 2.75) is 38.7 Å². The molecule has 5 nitrogen and oxygen atoms in total. The van der Waals surface area contributed by atoms with Crippen LogP contribution in [0.2, 0.25) is 0 Å². The SMILES string of the molecule is CC(C)Oc1ccc(C(=O)N2CCC[C@H](c3nc4ccccc4[nH]3)C2)cc1. The number of aromatic nitrogens is 2. The van der Waals surface area contributed by atoms with Gasteiger partial charge in [-0.05, 0) is 63.1 Å². The summed E-state index contributed by atoms with van der Waals surface area (Å²) in [5, 5.41) is 0. The van der Waals surface area contributed by atoms with Crippen LogP contribution in [0, 0.1) is 0 Å². The third-order valence-electron chi connectivity index (χ3n) is 4.98. The van der Waals surface area contributed by atoms with E-state index in [1.54, 1.807) is 0 Å². The third-order valence-corrected chi connectivity index (χ3v) is 4.98. The number of nitrogens with one attached hydrogen (secondary N) is 1. The standard InChI is InChI=1S/C22H25N3O2/c1-15(2)27-18-11-9-16(10-12-18)22(26)25-13-5-6-17(14-25)21-23-19-7-3-4-8-20(19)24-21/h3-4,7-12,15,17H,5-6,13-14H2,1-2H3,(H,23,24)/t17-/m0/s1. The number of likely N-dealkylation sites (tertiary alicyclic amines) is 1. The van der Waals surface area contributed by atoms with Gasteiger partial charge in [0, 0.05) is 24.6 Å². The molecule has 0 bridgehead atoms. The minimum absolute atomic E-state index is 0.0758. The van der Waals surface area contributed by atoms with Crippen LogP contribution in [0.15, 0.2) is 48.5 Å². The normalized spacial score (nSPS) is 17.4. The van der Waals surface area contributed by atoms with Gasteiger partial charge < -0.3 is 14.6 Å². The number of H-pyrrole nitrogens is 1. The molecule has 1 amide bonds. The van der Waals surface area contributed by atoms with Crippen LogP contribution in [0.4, 0.5) is 0 Å². The molecule has 1 saturated heterocycles. The van der Waals surface area contributed by atoms with Gasteiger partial charge in [-0.1, -0.05) is 12.1 Å². The first-order chi connectivity index (χ1) is 13.1. The summed E-state index contributed by atoms with van der Waals surface area (Å²) in [7, 11) is 0. The van der Waals surface area contributed by atoms with Crippen LogP contribution in [0.1, 0.15) is 48.8 Å². The number of rotatable bonds is 4. The Hall–Kier alpha value is -2.82. The number of fused-ring (bicyclic) bond motifs is 1. The molecule has 1 fully saturated rings. The molecule has 0 aliphatic carbocycles. The second kappa shape index (κ2) is 7.43. The van der Waals surface area contributed by atoms with Crippen LogP contribution in [0.5, 0.6) is 5.75 Å². The van der Waals surface area contributed by atoms with E-state index in [0.717, 1.165) is 42.0 Å². The average molecular weight is 363 g/mol. The number of imidazole rings is 1. The molecule has 1 N–H and O–H groups in total. The molecular weight excluding hydrogens is 338 g/mol. The van der Waals surface area contributed by atoms with Crippen molar-refractivity contribution in [2.24, 2.45) is 0 Å². The molecule has 1 aromatic heterocycles. The van der Waals surface area contributed by atoms with Gasteiger partial charge in [-0.3, -0.25) is 4.79 Å². The number of nitrogens with zero attached hydrogens (tertiary/aromatic N) is 2. The zero-order valence-corrected chi connectivity index (χ0v) is 15.8. The largest absolute Gasteiger partial charge is 0.491 e. The van der Waals surface area contributed by atoms with E-state index in [0.29, 0.717) is 12.1 Å². The fraction of sp³-hybridized carbons (Fsp3) is 0.364. The monoisotopic (exact) mass is 363 g/mol. The molecule has 5 heteroatoms. The number of carbonyl (C=O) groups excluding carboxylic acids is 1. The molecule has 4 rings (SSSR count). The Morgan fingerprint density at radius 1 is 1.19 bits per heavy atom. The van der Waals surface area contributed by atoms with Crippen molar-refractivity contribution in [1.29, 1.82) is 0 Å². The van der Waals surface area contributed by atoms with Gasteiger partial charge in [0.1, 0.15) is 11.6 Å². The predicted octanol–water partition coefficient (Wildman–Crippen LogP) is 4.37. The molecular formula is C22H25N3O2. The maximum atomic E-state index is 12.9. The van der Waals surface area contributed by atoms with Crippen molar-refractivity contribution >= 4 is 16.9 Å². The molecule has 0 unspecified atom stereocenters. The van der Waals surface area contributed by atoms with Crippen molar-refractivity contribution in [1.82, 2.24) is 14.9 Å². The highest BCUT2D eigenvalue weighted by Crippen LogP contribution is 2.28. The highest BCUT2D eigenvalue weighted by Gasteiger charge is 2.27. The van der Waals surface area contributed by atoms with Gasteiger partial charge in [-0.25, -0.2) is 4.98 Å². The fourth-order valence-corrected chi connectivity index (χ4v) is 3.68. The maximum absolute atomic E-state index is 12.9. The summed E-state index contributed by atoms with van der Waals surface area (Å²) >= 11 is 0. The molecule has 0 spiro atoms. The number of hydrogen-bond acceptors (Lipinski definition) is 3. The number of piperidine rings is 1. The zero-order chi connectivity index (χ0) is 18.8. The minimum Gasteiger partial charge on any atom is -0.491 e. The second-order valence-electron chi connectivity index (χ2n) is 7.42. The summed E-state index contributed by atoms with van der Waals surface area (Å²) in [6.45, 7) is 5.47. The summed E-state index contributed by atoms with van der Waals surface area (Å²) in [5.74, 6) is 2.10. The second-order valence-corrected chi connectivity index (χ2v) is 7.42. The van der Waals surface area contributed by atoms with Gasteiger partial charge in [0.2, 0.25) is 0 Å². The van der Waals surface area contributed by atoms with Gasteiger partial charge >= 0.3 is 0 Å². The summed E-state index contributed by atoms with van der Waals surface area (Å²) in [4.78, 5) is 23.0.